The molecule has 0 aliphatic heterocycles. The molecule has 12 heavy (non-hydrogen) atoms. The van der Waals surface area contributed by atoms with Gasteiger partial charge in [0.15, 0.2) is 0 Å². The highest BCUT2D eigenvalue weighted by atomic mass is 16.4. The van der Waals surface area contributed by atoms with Gasteiger partial charge in [-0.2, -0.15) is 5.10 Å². The summed E-state index contributed by atoms with van der Waals surface area (Å²) in [4.78, 5) is 14.4. The zero-order chi connectivity index (χ0) is 8.55. The molecule has 0 radical (unpaired) electrons. The molecule has 0 unspecified atom stereocenters. The highest BCUT2D eigenvalue weighted by Gasteiger charge is 2.09. The van der Waals surface area contributed by atoms with E-state index in [1.54, 1.807) is 12.4 Å². The lowest BCUT2D eigenvalue weighted by Crippen LogP contribution is -1.97. The van der Waals surface area contributed by atoms with E-state index in [4.69, 9.17) is 5.11 Å². The van der Waals surface area contributed by atoms with Crippen LogP contribution in [0.3, 0.4) is 0 Å². The second kappa shape index (κ2) is 2.30. The predicted molar refractivity (Wildman–Crippen MR) is 40.8 cm³/mol. The van der Waals surface area contributed by atoms with Gasteiger partial charge < -0.3 is 5.11 Å². The standard InChI is InChI=1S/C7H5N3O2/c11-7(12)5-3-8-1-4-2-9-10-6(4)5/h1-3H,(H,9,10)(H,11,12). The van der Waals surface area contributed by atoms with Crippen molar-refractivity contribution in [1.29, 1.82) is 0 Å². The molecule has 2 aromatic rings. The number of aromatic amines is 1. The van der Waals surface area contributed by atoms with Crippen molar-refractivity contribution in [2.45, 2.75) is 0 Å². The number of nitrogens with zero attached hydrogens (tertiary/aromatic N) is 2. The summed E-state index contributed by atoms with van der Waals surface area (Å²) in [5.74, 6) is -1.01. The van der Waals surface area contributed by atoms with Crippen LogP contribution in [-0.2, 0) is 0 Å². The summed E-state index contributed by atoms with van der Waals surface area (Å²) >= 11 is 0. The Kier molecular flexibility index (Phi) is 1.30. The highest BCUT2D eigenvalue weighted by Crippen LogP contribution is 2.12. The van der Waals surface area contributed by atoms with Gasteiger partial charge in [-0.05, 0) is 0 Å². The van der Waals surface area contributed by atoms with E-state index in [0.717, 1.165) is 0 Å². The van der Waals surface area contributed by atoms with Crippen LogP contribution in [-0.4, -0.2) is 26.3 Å². The molecule has 5 nitrogen and oxygen atoms in total. The minimum Gasteiger partial charge on any atom is -0.478 e. The fourth-order valence-corrected chi connectivity index (χ4v) is 1.02. The van der Waals surface area contributed by atoms with Gasteiger partial charge >= 0.3 is 5.97 Å². The molecule has 0 spiro atoms. The Bertz CT molecular complexity index is 435. The van der Waals surface area contributed by atoms with E-state index in [1.165, 1.54) is 6.20 Å². The molecule has 0 bridgehead atoms. The molecule has 0 saturated heterocycles. The molecular weight excluding hydrogens is 158 g/mol. The third kappa shape index (κ3) is 0.833. The van der Waals surface area contributed by atoms with Crippen molar-refractivity contribution < 1.29 is 9.90 Å². The van der Waals surface area contributed by atoms with Crippen molar-refractivity contribution in [1.82, 2.24) is 15.2 Å². The van der Waals surface area contributed by atoms with Crippen molar-refractivity contribution in [2.24, 2.45) is 0 Å². The first-order valence-electron chi connectivity index (χ1n) is 3.30. The van der Waals surface area contributed by atoms with Gasteiger partial charge in [0.1, 0.15) is 11.1 Å². The number of hydrogen-bond acceptors (Lipinski definition) is 3. The largest absolute Gasteiger partial charge is 0.478 e. The summed E-state index contributed by atoms with van der Waals surface area (Å²) in [5, 5.41) is 15.8. The molecule has 0 aromatic carbocycles. The summed E-state index contributed by atoms with van der Waals surface area (Å²) in [6.45, 7) is 0. The van der Waals surface area contributed by atoms with Gasteiger partial charge in [-0.15, -0.1) is 0 Å². The van der Waals surface area contributed by atoms with Crippen LogP contribution in [0.5, 0.6) is 0 Å². The summed E-state index contributed by atoms with van der Waals surface area (Å²) in [7, 11) is 0. The van der Waals surface area contributed by atoms with Crippen LogP contribution in [0.4, 0.5) is 0 Å². The number of aromatic carboxylic acids is 1. The summed E-state index contributed by atoms with van der Waals surface area (Å²) < 4.78 is 0. The van der Waals surface area contributed by atoms with Gasteiger partial charge in [0, 0.05) is 24.0 Å². The average Bonchev–Trinajstić information content (AvgIpc) is 2.49. The maximum atomic E-state index is 10.6. The number of fused-ring (bicyclic) bond motifs is 1. The van der Waals surface area contributed by atoms with Gasteiger partial charge in [0.25, 0.3) is 0 Å². The first kappa shape index (κ1) is 6.78. The van der Waals surface area contributed by atoms with E-state index in [2.05, 4.69) is 15.2 Å². The molecule has 2 rings (SSSR count). The molecule has 0 amide bonds. The van der Waals surface area contributed by atoms with Crippen molar-refractivity contribution in [3.05, 3.63) is 24.2 Å². The van der Waals surface area contributed by atoms with Crippen molar-refractivity contribution in [3.8, 4) is 0 Å². The van der Waals surface area contributed by atoms with Gasteiger partial charge in [-0.3, -0.25) is 10.1 Å². The van der Waals surface area contributed by atoms with Crippen LogP contribution in [0.15, 0.2) is 18.6 Å². The van der Waals surface area contributed by atoms with Crippen LogP contribution in [0.2, 0.25) is 0 Å². The molecule has 0 saturated carbocycles. The predicted octanol–water partition coefficient (Wildman–Crippen LogP) is 0.656. The number of nitrogens with one attached hydrogen (secondary N) is 1. The molecule has 2 N–H and O–H groups in total. The fraction of sp³-hybridized carbons (Fsp3) is 0. The van der Waals surface area contributed by atoms with E-state index in [9.17, 15) is 4.79 Å². The molecule has 0 fully saturated rings. The lowest BCUT2D eigenvalue weighted by molar-refractivity contribution is 0.0698. The number of rotatable bonds is 1. The molecule has 0 aliphatic carbocycles. The molecule has 0 atom stereocenters. The lowest BCUT2D eigenvalue weighted by atomic mass is 10.2. The van der Waals surface area contributed by atoms with Gasteiger partial charge in [0.2, 0.25) is 0 Å². The topological polar surface area (TPSA) is 78.9 Å². The highest BCUT2D eigenvalue weighted by molar-refractivity contribution is 6.00. The minimum absolute atomic E-state index is 0.119. The molecule has 5 heteroatoms. The number of carbonyl (C=O) groups is 1. The number of H-pyrrole nitrogens is 1. The molecule has 2 aromatic heterocycles. The Labute approximate surface area is 67.1 Å². The minimum atomic E-state index is -1.01. The lowest BCUT2D eigenvalue weighted by Gasteiger charge is -1.92. The first-order valence-corrected chi connectivity index (χ1v) is 3.30. The summed E-state index contributed by atoms with van der Waals surface area (Å²) in [6, 6.07) is 0. The summed E-state index contributed by atoms with van der Waals surface area (Å²) in [6.07, 6.45) is 4.45. The van der Waals surface area contributed by atoms with Gasteiger partial charge in [-0.1, -0.05) is 0 Å². The van der Waals surface area contributed by atoms with Crippen LogP contribution in [0.25, 0.3) is 10.9 Å². The Morgan fingerprint density at radius 2 is 2.33 bits per heavy atom. The molecule has 2 heterocycles. The zero-order valence-electron chi connectivity index (χ0n) is 5.98. The Morgan fingerprint density at radius 3 is 3.08 bits per heavy atom. The average molecular weight is 163 g/mol. The number of hydrogen-bond donors (Lipinski definition) is 2. The van der Waals surface area contributed by atoms with Gasteiger partial charge in [-0.25, -0.2) is 4.79 Å². The maximum Gasteiger partial charge on any atom is 0.339 e. The van der Waals surface area contributed by atoms with Crippen molar-refractivity contribution >= 4 is 16.9 Å². The van der Waals surface area contributed by atoms with Crippen LogP contribution in [0, 0.1) is 0 Å². The second-order valence-corrected chi connectivity index (χ2v) is 2.32. The van der Waals surface area contributed by atoms with E-state index < -0.39 is 5.97 Å². The third-order valence-electron chi connectivity index (χ3n) is 1.57. The first-order chi connectivity index (χ1) is 5.79. The molecular formula is C7H5N3O2. The second-order valence-electron chi connectivity index (χ2n) is 2.32. The number of carboxylic acid groups (broad SMARTS) is 1. The number of aromatic nitrogens is 3. The van der Waals surface area contributed by atoms with Crippen molar-refractivity contribution in [2.75, 3.05) is 0 Å². The maximum absolute atomic E-state index is 10.6. The molecule has 60 valence electrons. The number of pyridine rings is 1. The smallest absolute Gasteiger partial charge is 0.339 e. The van der Waals surface area contributed by atoms with Crippen LogP contribution >= 0.6 is 0 Å². The number of carboxylic acids is 1. The zero-order valence-corrected chi connectivity index (χ0v) is 5.98. The third-order valence-corrected chi connectivity index (χ3v) is 1.57. The van der Waals surface area contributed by atoms with E-state index in [1.807, 2.05) is 0 Å². The van der Waals surface area contributed by atoms with Gasteiger partial charge in [0.05, 0.1) is 0 Å². The SMILES string of the molecule is O=C(O)c1cncc2c[nH]nc12. The normalized spacial score (nSPS) is 10.3. The quantitative estimate of drug-likeness (QED) is 0.647. The monoisotopic (exact) mass is 163 g/mol. The van der Waals surface area contributed by atoms with E-state index in [0.29, 0.717) is 10.9 Å². The van der Waals surface area contributed by atoms with Crippen molar-refractivity contribution in [3.63, 3.8) is 0 Å². The van der Waals surface area contributed by atoms with Crippen LogP contribution in [0.1, 0.15) is 10.4 Å². The Hall–Kier alpha value is -1.91. The Morgan fingerprint density at radius 1 is 1.50 bits per heavy atom. The van der Waals surface area contributed by atoms with Crippen LogP contribution < -0.4 is 0 Å². The fourth-order valence-electron chi connectivity index (χ4n) is 1.02. The summed E-state index contributed by atoms with van der Waals surface area (Å²) in [5.41, 5.74) is 0.561. The Balaban J connectivity index is 2.82. The van der Waals surface area contributed by atoms with E-state index in [-0.39, 0.29) is 5.56 Å². The molecule has 0 aliphatic rings. The van der Waals surface area contributed by atoms with E-state index >= 15 is 0 Å².